The molecular weight excluding hydrogens is 512 g/mol. The van der Waals surface area contributed by atoms with E-state index in [-0.39, 0.29) is 0 Å². The van der Waals surface area contributed by atoms with E-state index in [0.29, 0.717) is 47.7 Å². The molecule has 0 saturated carbocycles. The minimum atomic E-state index is -0.925. The molecule has 1 saturated heterocycles. The molecule has 0 aliphatic carbocycles. The van der Waals surface area contributed by atoms with E-state index in [2.05, 4.69) is 29.8 Å². The van der Waals surface area contributed by atoms with E-state index < -0.39 is 17.2 Å². The van der Waals surface area contributed by atoms with Crippen LogP contribution in [0.2, 0.25) is 0 Å². The van der Waals surface area contributed by atoms with Gasteiger partial charge in [-0.3, -0.25) is 9.97 Å². The fraction of sp³-hybridized carbons (Fsp3) is 0.276. The molecule has 0 radical (unpaired) electrons. The van der Waals surface area contributed by atoms with Crippen molar-refractivity contribution < 1.29 is 8.78 Å². The molecule has 204 valence electrons. The molecule has 0 unspecified atom stereocenters. The first-order valence-corrected chi connectivity index (χ1v) is 13.1. The second-order valence-electron chi connectivity index (χ2n) is 10.5. The Morgan fingerprint density at radius 3 is 2.73 bits per heavy atom. The van der Waals surface area contributed by atoms with Gasteiger partial charge in [0.25, 0.3) is 0 Å². The molecule has 1 atom stereocenters. The molecule has 1 fully saturated rings. The second kappa shape index (κ2) is 10.2. The van der Waals surface area contributed by atoms with Crippen LogP contribution in [0.5, 0.6) is 0 Å². The van der Waals surface area contributed by atoms with Crippen LogP contribution in [-0.4, -0.2) is 48.1 Å². The molecule has 1 aliphatic rings. The number of aryl methyl sites for hydroxylation is 1. The molecule has 1 aromatic carbocycles. The van der Waals surface area contributed by atoms with Gasteiger partial charge in [-0.15, -0.1) is 0 Å². The first kappa shape index (κ1) is 25.8. The normalized spacial score (nSPS) is 17.4. The smallest absolute Gasteiger partial charge is 0.165 e. The number of benzene rings is 1. The lowest BCUT2D eigenvalue weighted by atomic mass is 9.85. The van der Waals surface area contributed by atoms with Gasteiger partial charge in [0.05, 0.1) is 30.5 Å². The van der Waals surface area contributed by atoms with Crippen molar-refractivity contribution in [2.75, 3.05) is 23.7 Å². The van der Waals surface area contributed by atoms with Gasteiger partial charge in [0.15, 0.2) is 23.1 Å². The zero-order valence-corrected chi connectivity index (χ0v) is 22.1. The summed E-state index contributed by atoms with van der Waals surface area (Å²) < 4.78 is 29.6. The highest BCUT2D eigenvalue weighted by Gasteiger charge is 2.33. The van der Waals surface area contributed by atoms with Crippen LogP contribution in [0.15, 0.2) is 61.3 Å². The molecule has 1 aliphatic heterocycles. The molecule has 5 aromatic rings. The molecule has 9 nitrogen and oxygen atoms in total. The van der Waals surface area contributed by atoms with E-state index in [1.165, 1.54) is 12.4 Å². The maximum Gasteiger partial charge on any atom is 0.165 e. The third-order valence-electron chi connectivity index (χ3n) is 7.38. The summed E-state index contributed by atoms with van der Waals surface area (Å²) in [6, 6.07) is 11.7. The van der Waals surface area contributed by atoms with Crippen molar-refractivity contribution in [1.29, 1.82) is 0 Å². The van der Waals surface area contributed by atoms with E-state index in [1.54, 1.807) is 12.5 Å². The van der Waals surface area contributed by atoms with E-state index in [9.17, 15) is 8.78 Å². The van der Waals surface area contributed by atoms with Crippen LogP contribution in [0.3, 0.4) is 0 Å². The lowest BCUT2D eigenvalue weighted by molar-refractivity contribution is 0.339. The Morgan fingerprint density at radius 2 is 1.90 bits per heavy atom. The fourth-order valence-corrected chi connectivity index (χ4v) is 5.48. The minimum Gasteiger partial charge on any atom is -0.382 e. The van der Waals surface area contributed by atoms with Crippen LogP contribution >= 0.6 is 0 Å². The monoisotopic (exact) mass is 541 g/mol. The lowest BCUT2D eigenvalue weighted by Gasteiger charge is -2.42. The van der Waals surface area contributed by atoms with Gasteiger partial charge in [0.1, 0.15) is 11.8 Å². The quantitative estimate of drug-likeness (QED) is 0.330. The number of nitrogens with zero attached hydrogens (tertiary/aromatic N) is 7. The molecule has 11 heteroatoms. The summed E-state index contributed by atoms with van der Waals surface area (Å²) >= 11 is 0. The lowest BCUT2D eigenvalue weighted by Crippen LogP contribution is -2.56. The van der Waals surface area contributed by atoms with Crippen LogP contribution in [-0.2, 0) is 13.0 Å². The highest BCUT2D eigenvalue weighted by atomic mass is 19.2. The van der Waals surface area contributed by atoms with Crippen molar-refractivity contribution in [3.63, 3.8) is 0 Å². The van der Waals surface area contributed by atoms with Gasteiger partial charge in [-0.25, -0.2) is 23.7 Å². The first-order valence-electron chi connectivity index (χ1n) is 13.1. The number of aromatic nitrogens is 6. The van der Waals surface area contributed by atoms with Crippen LogP contribution < -0.4 is 16.4 Å². The van der Waals surface area contributed by atoms with Crippen molar-refractivity contribution in [3.8, 4) is 11.3 Å². The molecule has 0 bridgehead atoms. The van der Waals surface area contributed by atoms with Gasteiger partial charge in [-0.05, 0) is 61.7 Å². The highest BCUT2D eigenvalue weighted by Crippen LogP contribution is 2.32. The largest absolute Gasteiger partial charge is 0.382 e. The van der Waals surface area contributed by atoms with Crippen molar-refractivity contribution in [1.82, 2.24) is 29.5 Å². The van der Waals surface area contributed by atoms with Crippen LogP contribution in [0, 0.1) is 18.6 Å². The number of nitrogens with two attached hydrogens (primary N) is 2. The SMILES string of the molecule is Cc1cccc(C[C@@]2(N)CCCN(c3cnc(-c4ccc(F)c(F)c4)cc3Cn3cnc4c(N)ncnc43)C2)n1. The number of halogens is 2. The number of imidazole rings is 1. The van der Waals surface area contributed by atoms with Gasteiger partial charge < -0.3 is 20.9 Å². The van der Waals surface area contributed by atoms with E-state index in [4.69, 9.17) is 11.5 Å². The third kappa shape index (κ3) is 5.07. The molecular formula is C29H29F2N9. The standard InChI is InChI=1S/C29H29F2N9/c1-18-4-2-5-21(38-18)12-29(33)8-3-9-39(15-29)25-13-34-24(19-6-7-22(30)23(31)10-19)11-20(25)14-40-17-37-26-27(32)35-16-36-28(26)40/h2,4-7,10-11,13,16-17H,3,8-9,12,14-15,33H2,1H3,(H2,32,35,36)/t29-/m0/s1. The Morgan fingerprint density at radius 1 is 1.02 bits per heavy atom. The summed E-state index contributed by atoms with van der Waals surface area (Å²) in [5.74, 6) is -1.53. The summed E-state index contributed by atoms with van der Waals surface area (Å²) in [5.41, 5.74) is 18.4. The van der Waals surface area contributed by atoms with Crippen LogP contribution in [0.1, 0.15) is 29.8 Å². The Labute approximate surface area is 229 Å². The number of piperidine rings is 1. The summed E-state index contributed by atoms with van der Waals surface area (Å²) in [7, 11) is 0. The van der Waals surface area contributed by atoms with Gasteiger partial charge in [0, 0.05) is 42.0 Å². The van der Waals surface area contributed by atoms with Crippen LogP contribution in [0.25, 0.3) is 22.4 Å². The van der Waals surface area contributed by atoms with Crippen molar-refractivity contribution in [3.05, 3.63) is 89.9 Å². The van der Waals surface area contributed by atoms with E-state index in [1.807, 2.05) is 35.8 Å². The van der Waals surface area contributed by atoms with E-state index >= 15 is 0 Å². The number of pyridine rings is 2. The minimum absolute atomic E-state index is 0.301. The van der Waals surface area contributed by atoms with Gasteiger partial charge >= 0.3 is 0 Å². The Balaban J connectivity index is 1.38. The number of nitrogen functional groups attached to an aromatic ring is 1. The summed E-state index contributed by atoms with van der Waals surface area (Å²) in [6.45, 7) is 3.79. The predicted octanol–water partition coefficient (Wildman–Crippen LogP) is 4.04. The summed E-state index contributed by atoms with van der Waals surface area (Å²) in [5, 5.41) is 0. The Bertz CT molecular complexity index is 1700. The molecule has 0 amide bonds. The Hall–Kier alpha value is -4.51. The van der Waals surface area contributed by atoms with Crippen molar-refractivity contribution in [2.45, 2.75) is 38.3 Å². The number of hydrogen-bond acceptors (Lipinski definition) is 8. The van der Waals surface area contributed by atoms with Crippen molar-refractivity contribution >= 4 is 22.7 Å². The van der Waals surface area contributed by atoms with E-state index in [0.717, 1.165) is 54.2 Å². The average Bonchev–Trinajstić information content (AvgIpc) is 3.34. The summed E-state index contributed by atoms with van der Waals surface area (Å²) in [6.07, 6.45) is 7.29. The number of hydrogen-bond donors (Lipinski definition) is 2. The molecule has 6 rings (SSSR count). The molecule has 4 aromatic heterocycles. The molecule has 4 N–H and O–H groups in total. The second-order valence-corrected chi connectivity index (χ2v) is 10.5. The van der Waals surface area contributed by atoms with Gasteiger partial charge in [-0.1, -0.05) is 6.07 Å². The van der Waals surface area contributed by atoms with Gasteiger partial charge in [-0.2, -0.15) is 0 Å². The molecule has 0 spiro atoms. The fourth-order valence-electron chi connectivity index (χ4n) is 5.48. The number of fused-ring (bicyclic) bond motifs is 1. The maximum absolute atomic E-state index is 14.1. The topological polar surface area (TPSA) is 125 Å². The number of rotatable bonds is 6. The summed E-state index contributed by atoms with van der Waals surface area (Å²) in [4.78, 5) is 24.4. The van der Waals surface area contributed by atoms with Crippen molar-refractivity contribution in [2.24, 2.45) is 5.73 Å². The highest BCUT2D eigenvalue weighted by molar-refractivity contribution is 5.81. The van der Waals surface area contributed by atoms with Gasteiger partial charge in [0.2, 0.25) is 0 Å². The van der Waals surface area contributed by atoms with Crippen LogP contribution in [0.4, 0.5) is 20.3 Å². The zero-order valence-electron chi connectivity index (χ0n) is 22.1. The third-order valence-corrected chi connectivity index (χ3v) is 7.38. The first-order chi connectivity index (χ1) is 19.3. The Kier molecular flexibility index (Phi) is 6.59. The zero-order chi connectivity index (χ0) is 27.9. The average molecular weight is 542 g/mol. The number of anilines is 2. The molecule has 5 heterocycles. The predicted molar refractivity (Wildman–Crippen MR) is 149 cm³/mol. The molecule has 40 heavy (non-hydrogen) atoms. The maximum atomic E-state index is 14.1.